The maximum absolute atomic E-state index is 4.34. The van der Waals surface area contributed by atoms with E-state index in [0.717, 1.165) is 10.8 Å². The molecule has 1 aromatic heterocycles. The van der Waals surface area contributed by atoms with Gasteiger partial charge in [0.1, 0.15) is 5.03 Å². The first-order chi connectivity index (χ1) is 7.36. The molecule has 0 unspecified atom stereocenters. The van der Waals surface area contributed by atoms with E-state index in [1.807, 2.05) is 19.2 Å². The smallest absolute Gasteiger partial charge is 0.165 e. The third kappa shape index (κ3) is 1.29. The van der Waals surface area contributed by atoms with Gasteiger partial charge in [-0.15, -0.1) is 0 Å². The van der Waals surface area contributed by atoms with Crippen molar-refractivity contribution in [1.82, 2.24) is 9.97 Å². The number of hydrogen-bond acceptors (Lipinski definition) is 4. The van der Waals surface area contributed by atoms with E-state index in [4.69, 9.17) is 0 Å². The second-order valence-electron chi connectivity index (χ2n) is 3.31. The molecular formula is C11H9N3S. The van der Waals surface area contributed by atoms with Crippen LogP contribution in [0.25, 0.3) is 0 Å². The van der Waals surface area contributed by atoms with Gasteiger partial charge in [0.05, 0.1) is 5.69 Å². The molecule has 4 heteroatoms. The third-order valence-electron chi connectivity index (χ3n) is 2.40. The lowest BCUT2D eigenvalue weighted by Gasteiger charge is -2.26. The number of para-hydroxylation sites is 1. The molecular weight excluding hydrogens is 206 g/mol. The van der Waals surface area contributed by atoms with Gasteiger partial charge in [0.15, 0.2) is 5.82 Å². The summed E-state index contributed by atoms with van der Waals surface area (Å²) in [6, 6.07) is 8.28. The topological polar surface area (TPSA) is 29.0 Å². The monoisotopic (exact) mass is 215 g/mol. The zero-order valence-corrected chi connectivity index (χ0v) is 9.03. The van der Waals surface area contributed by atoms with E-state index < -0.39 is 0 Å². The van der Waals surface area contributed by atoms with E-state index in [9.17, 15) is 0 Å². The van der Waals surface area contributed by atoms with Crippen LogP contribution in [0, 0.1) is 0 Å². The van der Waals surface area contributed by atoms with E-state index in [-0.39, 0.29) is 0 Å². The van der Waals surface area contributed by atoms with E-state index in [1.54, 1.807) is 24.2 Å². The molecule has 2 aromatic rings. The van der Waals surface area contributed by atoms with Crippen LogP contribution in [0.4, 0.5) is 11.5 Å². The van der Waals surface area contributed by atoms with Crippen LogP contribution in [0.1, 0.15) is 0 Å². The molecule has 3 nitrogen and oxygen atoms in total. The Labute approximate surface area is 92.2 Å². The highest BCUT2D eigenvalue weighted by Gasteiger charge is 2.21. The molecule has 0 fully saturated rings. The minimum Gasteiger partial charge on any atom is -0.326 e. The standard InChI is InChI=1S/C11H9N3S/c1-14-8-4-2-3-5-9(8)15-11-10(14)12-6-7-13-11/h2-7H,1H3. The van der Waals surface area contributed by atoms with Crippen molar-refractivity contribution in [3.8, 4) is 0 Å². The van der Waals surface area contributed by atoms with Gasteiger partial charge >= 0.3 is 0 Å². The van der Waals surface area contributed by atoms with E-state index >= 15 is 0 Å². The van der Waals surface area contributed by atoms with Gasteiger partial charge < -0.3 is 4.90 Å². The fourth-order valence-electron chi connectivity index (χ4n) is 1.66. The van der Waals surface area contributed by atoms with Crippen molar-refractivity contribution in [1.29, 1.82) is 0 Å². The van der Waals surface area contributed by atoms with E-state index in [0.29, 0.717) is 0 Å². The lowest BCUT2D eigenvalue weighted by Crippen LogP contribution is -2.16. The molecule has 0 amide bonds. The molecule has 0 spiro atoms. The van der Waals surface area contributed by atoms with Crippen molar-refractivity contribution in [2.24, 2.45) is 0 Å². The molecule has 0 bridgehead atoms. The van der Waals surface area contributed by atoms with Crippen molar-refractivity contribution in [3.05, 3.63) is 36.7 Å². The van der Waals surface area contributed by atoms with Gasteiger partial charge in [0, 0.05) is 24.3 Å². The Hall–Kier alpha value is -1.55. The number of rotatable bonds is 0. The maximum Gasteiger partial charge on any atom is 0.165 e. The van der Waals surface area contributed by atoms with Gasteiger partial charge in [-0.2, -0.15) is 0 Å². The van der Waals surface area contributed by atoms with E-state index in [1.165, 1.54) is 10.6 Å². The summed E-state index contributed by atoms with van der Waals surface area (Å²) >= 11 is 1.67. The fraction of sp³-hybridized carbons (Fsp3) is 0.0909. The van der Waals surface area contributed by atoms with Crippen molar-refractivity contribution in [3.63, 3.8) is 0 Å². The van der Waals surface area contributed by atoms with Gasteiger partial charge in [-0.1, -0.05) is 23.9 Å². The summed E-state index contributed by atoms with van der Waals surface area (Å²) in [6.07, 6.45) is 3.46. The molecule has 0 aliphatic carbocycles. The second-order valence-corrected chi connectivity index (χ2v) is 4.34. The lowest BCUT2D eigenvalue weighted by molar-refractivity contribution is 0.970. The lowest BCUT2D eigenvalue weighted by atomic mass is 10.3. The number of aromatic nitrogens is 2. The van der Waals surface area contributed by atoms with Crippen molar-refractivity contribution < 1.29 is 0 Å². The molecule has 0 saturated heterocycles. The summed E-state index contributed by atoms with van der Waals surface area (Å²) in [7, 11) is 2.02. The van der Waals surface area contributed by atoms with E-state index in [2.05, 4.69) is 27.0 Å². The van der Waals surface area contributed by atoms with Crippen LogP contribution in [-0.2, 0) is 0 Å². The molecule has 3 rings (SSSR count). The van der Waals surface area contributed by atoms with Crippen LogP contribution >= 0.6 is 11.8 Å². The third-order valence-corrected chi connectivity index (χ3v) is 3.44. The van der Waals surface area contributed by atoms with Crippen LogP contribution in [-0.4, -0.2) is 17.0 Å². The highest BCUT2D eigenvalue weighted by Crippen LogP contribution is 2.44. The SMILES string of the molecule is CN1c2ccccc2Sc2nccnc21. The second kappa shape index (κ2) is 3.24. The predicted molar refractivity (Wildman–Crippen MR) is 60.7 cm³/mol. The number of fused-ring (bicyclic) bond motifs is 2. The van der Waals surface area contributed by atoms with Crippen LogP contribution in [0.3, 0.4) is 0 Å². The van der Waals surface area contributed by atoms with Crippen LogP contribution in [0.5, 0.6) is 0 Å². The summed E-state index contributed by atoms with van der Waals surface area (Å²) in [5.41, 5.74) is 1.19. The average Bonchev–Trinajstić information content (AvgIpc) is 2.30. The molecule has 0 saturated carbocycles. The Bertz CT molecular complexity index is 467. The van der Waals surface area contributed by atoms with Crippen LogP contribution in [0.15, 0.2) is 46.6 Å². The fourth-order valence-corrected chi connectivity index (χ4v) is 2.72. The van der Waals surface area contributed by atoms with Crippen LogP contribution in [0.2, 0.25) is 0 Å². The van der Waals surface area contributed by atoms with Gasteiger partial charge in [-0.3, -0.25) is 0 Å². The highest BCUT2D eigenvalue weighted by atomic mass is 32.2. The molecule has 1 aliphatic rings. The van der Waals surface area contributed by atoms with Crippen molar-refractivity contribution >= 4 is 23.3 Å². The Balaban J connectivity index is 2.20. The number of anilines is 2. The highest BCUT2D eigenvalue weighted by molar-refractivity contribution is 7.99. The first kappa shape index (κ1) is 8.73. The normalized spacial score (nSPS) is 13.3. The zero-order chi connectivity index (χ0) is 10.3. The Morgan fingerprint density at radius 3 is 2.87 bits per heavy atom. The molecule has 0 atom stereocenters. The first-order valence-corrected chi connectivity index (χ1v) is 5.49. The minimum atomic E-state index is 0.932. The van der Waals surface area contributed by atoms with Gasteiger partial charge in [0.2, 0.25) is 0 Å². The summed E-state index contributed by atoms with van der Waals surface area (Å²) in [6.45, 7) is 0. The quantitative estimate of drug-likeness (QED) is 0.675. The summed E-state index contributed by atoms with van der Waals surface area (Å²) in [4.78, 5) is 12.0. The molecule has 1 aromatic carbocycles. The maximum atomic E-state index is 4.34. The minimum absolute atomic E-state index is 0.932. The predicted octanol–water partition coefficient (Wildman–Crippen LogP) is 2.71. The van der Waals surface area contributed by atoms with Gasteiger partial charge in [0.25, 0.3) is 0 Å². The molecule has 15 heavy (non-hydrogen) atoms. The average molecular weight is 215 g/mol. The van der Waals surface area contributed by atoms with Crippen molar-refractivity contribution in [2.45, 2.75) is 9.92 Å². The Kier molecular flexibility index (Phi) is 1.89. The number of nitrogens with zero attached hydrogens (tertiary/aromatic N) is 3. The molecule has 0 radical (unpaired) electrons. The van der Waals surface area contributed by atoms with Gasteiger partial charge in [-0.05, 0) is 12.1 Å². The summed E-state index contributed by atoms with van der Waals surface area (Å²) in [5, 5.41) is 0.971. The molecule has 0 N–H and O–H groups in total. The zero-order valence-electron chi connectivity index (χ0n) is 8.21. The number of hydrogen-bond donors (Lipinski definition) is 0. The molecule has 1 aliphatic heterocycles. The Morgan fingerprint density at radius 1 is 1.13 bits per heavy atom. The molecule has 2 heterocycles. The van der Waals surface area contributed by atoms with Crippen molar-refractivity contribution in [2.75, 3.05) is 11.9 Å². The largest absolute Gasteiger partial charge is 0.326 e. The molecule has 74 valence electrons. The van der Waals surface area contributed by atoms with Crippen LogP contribution < -0.4 is 4.90 Å². The van der Waals surface area contributed by atoms with Gasteiger partial charge in [-0.25, -0.2) is 9.97 Å². The summed E-state index contributed by atoms with van der Waals surface area (Å²) < 4.78 is 0. The summed E-state index contributed by atoms with van der Waals surface area (Å²) in [5.74, 6) is 0.932. The number of benzene rings is 1. The first-order valence-electron chi connectivity index (χ1n) is 4.68. The Morgan fingerprint density at radius 2 is 1.93 bits per heavy atom.